The Kier molecular flexibility index (Phi) is 5.26. The van der Waals surface area contributed by atoms with Crippen LogP contribution in [0.3, 0.4) is 0 Å². The normalized spacial score (nSPS) is 23.8. The molecule has 0 radical (unpaired) electrons. The number of hydrogen-bond acceptors (Lipinski definition) is 4. The Morgan fingerprint density at radius 2 is 2.00 bits per heavy atom. The summed E-state index contributed by atoms with van der Waals surface area (Å²) in [6.07, 6.45) is 1.45. The first kappa shape index (κ1) is 15.1. The lowest BCUT2D eigenvalue weighted by Crippen LogP contribution is -2.44. The van der Waals surface area contributed by atoms with Crippen molar-refractivity contribution < 1.29 is 14.6 Å². The van der Waals surface area contributed by atoms with Crippen LogP contribution in [0.5, 0.6) is 11.5 Å². The monoisotopic (exact) mass is 279 g/mol. The van der Waals surface area contributed by atoms with Crippen molar-refractivity contribution in [3.05, 3.63) is 23.8 Å². The molecule has 1 N–H and O–H groups in total. The van der Waals surface area contributed by atoms with Gasteiger partial charge in [-0.15, -0.1) is 0 Å². The fraction of sp³-hybridized carbons (Fsp3) is 0.625. The minimum Gasteiger partial charge on any atom is -0.507 e. The Balaban J connectivity index is 1.98. The highest BCUT2D eigenvalue weighted by molar-refractivity contribution is 5.39. The fourth-order valence-corrected chi connectivity index (χ4v) is 2.64. The Morgan fingerprint density at radius 3 is 2.60 bits per heavy atom. The van der Waals surface area contributed by atoms with Crippen molar-refractivity contribution in [3.8, 4) is 11.5 Å². The van der Waals surface area contributed by atoms with E-state index in [2.05, 4.69) is 25.7 Å². The largest absolute Gasteiger partial charge is 0.507 e. The Bertz CT molecular complexity index is 426. The smallest absolute Gasteiger partial charge is 0.123 e. The van der Waals surface area contributed by atoms with Crippen molar-refractivity contribution in [2.24, 2.45) is 0 Å². The molecule has 1 aliphatic rings. The van der Waals surface area contributed by atoms with Crippen LogP contribution in [0.4, 0.5) is 0 Å². The molecule has 0 unspecified atom stereocenters. The van der Waals surface area contributed by atoms with Gasteiger partial charge in [-0.1, -0.05) is 13.0 Å². The molecule has 0 aliphatic carbocycles. The summed E-state index contributed by atoms with van der Waals surface area (Å²) in [5.74, 6) is 1.04. The van der Waals surface area contributed by atoms with E-state index >= 15 is 0 Å². The summed E-state index contributed by atoms with van der Waals surface area (Å²) in [4.78, 5) is 2.32. The van der Waals surface area contributed by atoms with Crippen molar-refractivity contribution in [3.63, 3.8) is 0 Å². The third kappa shape index (κ3) is 4.12. The number of morpholine rings is 1. The molecule has 1 aromatic rings. The minimum atomic E-state index is 0.244. The number of hydrogen-bond donors (Lipinski definition) is 1. The van der Waals surface area contributed by atoms with Crippen LogP contribution < -0.4 is 4.74 Å². The summed E-state index contributed by atoms with van der Waals surface area (Å²) >= 11 is 0. The van der Waals surface area contributed by atoms with E-state index in [0.717, 1.165) is 37.4 Å². The van der Waals surface area contributed by atoms with E-state index in [1.807, 2.05) is 12.1 Å². The predicted molar refractivity (Wildman–Crippen MR) is 79.2 cm³/mol. The molecule has 0 aromatic heterocycles. The first-order valence-corrected chi connectivity index (χ1v) is 7.41. The van der Waals surface area contributed by atoms with Crippen LogP contribution in [0.1, 0.15) is 32.8 Å². The van der Waals surface area contributed by atoms with Crippen LogP contribution >= 0.6 is 0 Å². The molecule has 1 aliphatic heterocycles. The van der Waals surface area contributed by atoms with E-state index < -0.39 is 0 Å². The van der Waals surface area contributed by atoms with Crippen LogP contribution in [-0.2, 0) is 11.3 Å². The SMILES string of the molecule is CCCOc1ccc(CN2C[C@@H](C)O[C@@H](C)C2)c(O)c1. The summed E-state index contributed by atoms with van der Waals surface area (Å²) < 4.78 is 11.2. The van der Waals surface area contributed by atoms with E-state index in [9.17, 15) is 5.11 Å². The van der Waals surface area contributed by atoms with Crippen LogP contribution in [0.25, 0.3) is 0 Å². The highest BCUT2D eigenvalue weighted by Gasteiger charge is 2.22. The van der Waals surface area contributed by atoms with Gasteiger partial charge in [-0.05, 0) is 26.3 Å². The number of ether oxygens (including phenoxy) is 2. The van der Waals surface area contributed by atoms with Gasteiger partial charge in [-0.3, -0.25) is 4.90 Å². The second kappa shape index (κ2) is 6.95. The lowest BCUT2D eigenvalue weighted by atomic mass is 10.1. The molecule has 20 heavy (non-hydrogen) atoms. The summed E-state index contributed by atoms with van der Waals surface area (Å²) in [5.41, 5.74) is 0.940. The third-order valence-corrected chi connectivity index (χ3v) is 3.42. The van der Waals surface area contributed by atoms with Crippen molar-refractivity contribution in [2.75, 3.05) is 19.7 Å². The molecule has 1 saturated heterocycles. The Morgan fingerprint density at radius 1 is 1.30 bits per heavy atom. The molecule has 2 atom stereocenters. The van der Waals surface area contributed by atoms with Gasteiger partial charge in [-0.2, -0.15) is 0 Å². The van der Waals surface area contributed by atoms with Gasteiger partial charge in [0.2, 0.25) is 0 Å². The zero-order chi connectivity index (χ0) is 14.5. The molecular weight excluding hydrogens is 254 g/mol. The highest BCUT2D eigenvalue weighted by Crippen LogP contribution is 2.26. The lowest BCUT2D eigenvalue weighted by molar-refractivity contribution is -0.0706. The molecule has 1 aromatic carbocycles. The summed E-state index contributed by atoms with van der Waals surface area (Å²) in [5, 5.41) is 10.1. The van der Waals surface area contributed by atoms with E-state index in [-0.39, 0.29) is 12.2 Å². The maximum atomic E-state index is 10.1. The quantitative estimate of drug-likeness (QED) is 0.900. The van der Waals surface area contributed by atoms with Gasteiger partial charge in [-0.25, -0.2) is 0 Å². The third-order valence-electron chi connectivity index (χ3n) is 3.42. The average Bonchev–Trinajstić information content (AvgIpc) is 2.38. The van der Waals surface area contributed by atoms with Crippen molar-refractivity contribution >= 4 is 0 Å². The minimum absolute atomic E-state index is 0.244. The average molecular weight is 279 g/mol. The van der Waals surface area contributed by atoms with Gasteiger partial charge in [0, 0.05) is 31.3 Å². The molecule has 2 rings (SSSR count). The first-order valence-electron chi connectivity index (χ1n) is 7.41. The van der Waals surface area contributed by atoms with E-state index in [1.54, 1.807) is 6.07 Å². The van der Waals surface area contributed by atoms with Gasteiger partial charge in [0.25, 0.3) is 0 Å². The van der Waals surface area contributed by atoms with E-state index in [1.165, 1.54) is 0 Å². The number of phenolic OH excluding ortho intramolecular Hbond substituents is 1. The molecule has 4 nitrogen and oxygen atoms in total. The van der Waals surface area contributed by atoms with Crippen LogP contribution in [0.2, 0.25) is 0 Å². The van der Waals surface area contributed by atoms with Gasteiger partial charge in [0.1, 0.15) is 11.5 Å². The molecule has 0 bridgehead atoms. The second-order valence-corrected chi connectivity index (χ2v) is 5.59. The topological polar surface area (TPSA) is 41.9 Å². The van der Waals surface area contributed by atoms with Gasteiger partial charge < -0.3 is 14.6 Å². The number of phenols is 1. The molecule has 1 heterocycles. The molecule has 4 heteroatoms. The number of benzene rings is 1. The van der Waals surface area contributed by atoms with E-state index in [0.29, 0.717) is 12.4 Å². The van der Waals surface area contributed by atoms with Crippen LogP contribution in [0.15, 0.2) is 18.2 Å². The molecule has 0 saturated carbocycles. The van der Waals surface area contributed by atoms with Gasteiger partial charge in [0.05, 0.1) is 18.8 Å². The molecule has 0 amide bonds. The first-order chi connectivity index (χ1) is 9.58. The summed E-state index contributed by atoms with van der Waals surface area (Å²) in [6.45, 7) is 9.47. The summed E-state index contributed by atoms with van der Waals surface area (Å²) in [6, 6.07) is 5.58. The molecular formula is C16H25NO3. The maximum Gasteiger partial charge on any atom is 0.123 e. The van der Waals surface area contributed by atoms with Crippen molar-refractivity contribution in [1.82, 2.24) is 4.90 Å². The highest BCUT2D eigenvalue weighted by atomic mass is 16.5. The molecule has 1 fully saturated rings. The molecule has 0 spiro atoms. The maximum absolute atomic E-state index is 10.1. The van der Waals surface area contributed by atoms with Gasteiger partial charge in [0.15, 0.2) is 0 Å². The van der Waals surface area contributed by atoms with Crippen molar-refractivity contribution in [1.29, 1.82) is 0 Å². The zero-order valence-electron chi connectivity index (χ0n) is 12.6. The standard InChI is InChI=1S/C16H25NO3/c1-4-7-19-15-6-5-14(16(18)8-15)11-17-9-12(2)20-13(3)10-17/h5-6,8,12-13,18H,4,7,9-11H2,1-3H3/t12-,13+. The Labute approximate surface area is 121 Å². The van der Waals surface area contributed by atoms with Crippen molar-refractivity contribution in [2.45, 2.75) is 45.9 Å². The summed E-state index contributed by atoms with van der Waals surface area (Å²) in [7, 11) is 0. The zero-order valence-corrected chi connectivity index (χ0v) is 12.6. The fourth-order valence-electron chi connectivity index (χ4n) is 2.64. The van der Waals surface area contributed by atoms with Crippen LogP contribution in [0, 0.1) is 0 Å². The van der Waals surface area contributed by atoms with Crippen LogP contribution in [-0.4, -0.2) is 41.9 Å². The Hall–Kier alpha value is -1.26. The number of aromatic hydroxyl groups is 1. The van der Waals surface area contributed by atoms with E-state index in [4.69, 9.17) is 9.47 Å². The van der Waals surface area contributed by atoms with Gasteiger partial charge >= 0.3 is 0 Å². The number of nitrogens with zero attached hydrogens (tertiary/aromatic N) is 1. The predicted octanol–water partition coefficient (Wildman–Crippen LogP) is 2.79. The second-order valence-electron chi connectivity index (χ2n) is 5.59. The number of rotatable bonds is 5. The lowest BCUT2D eigenvalue weighted by Gasteiger charge is -2.35. The molecule has 112 valence electrons.